The van der Waals surface area contributed by atoms with Crippen molar-refractivity contribution in [2.45, 2.75) is 25.9 Å². The minimum absolute atomic E-state index is 0.0892. The SMILES string of the molecule is COc1ccc(CN2CCNC(=O)C2(C)C)cc1Br. The van der Waals surface area contributed by atoms with Crippen LogP contribution in [0.5, 0.6) is 5.75 Å². The highest BCUT2D eigenvalue weighted by molar-refractivity contribution is 9.10. The molecule has 0 aromatic heterocycles. The van der Waals surface area contributed by atoms with Gasteiger partial charge in [0.05, 0.1) is 17.1 Å². The third-order valence-electron chi connectivity index (χ3n) is 3.60. The van der Waals surface area contributed by atoms with Crippen molar-refractivity contribution in [3.63, 3.8) is 0 Å². The van der Waals surface area contributed by atoms with Crippen LogP contribution in [0, 0.1) is 0 Å². The molecular weight excluding hydrogens is 308 g/mol. The molecule has 1 amide bonds. The van der Waals surface area contributed by atoms with Crippen LogP contribution in [-0.2, 0) is 11.3 Å². The van der Waals surface area contributed by atoms with Crippen LogP contribution in [0.3, 0.4) is 0 Å². The summed E-state index contributed by atoms with van der Waals surface area (Å²) in [7, 11) is 1.65. The van der Waals surface area contributed by atoms with Crippen LogP contribution in [0.15, 0.2) is 22.7 Å². The summed E-state index contributed by atoms with van der Waals surface area (Å²) in [6, 6.07) is 6.02. The Kier molecular flexibility index (Phi) is 4.16. The first-order valence-corrected chi connectivity index (χ1v) is 7.10. The van der Waals surface area contributed by atoms with Crippen LogP contribution in [0.2, 0.25) is 0 Å². The van der Waals surface area contributed by atoms with Crippen LogP contribution in [-0.4, -0.2) is 36.5 Å². The molecule has 1 saturated heterocycles. The average molecular weight is 327 g/mol. The first-order chi connectivity index (χ1) is 8.95. The van der Waals surface area contributed by atoms with E-state index in [1.807, 2.05) is 32.0 Å². The molecule has 19 heavy (non-hydrogen) atoms. The van der Waals surface area contributed by atoms with Gasteiger partial charge in [-0.15, -0.1) is 0 Å². The molecule has 0 bridgehead atoms. The van der Waals surface area contributed by atoms with Gasteiger partial charge >= 0.3 is 0 Å². The van der Waals surface area contributed by atoms with Gasteiger partial charge in [-0.05, 0) is 47.5 Å². The molecule has 0 atom stereocenters. The van der Waals surface area contributed by atoms with Crippen molar-refractivity contribution in [1.29, 1.82) is 0 Å². The number of rotatable bonds is 3. The number of carbonyl (C=O) groups excluding carboxylic acids is 1. The van der Waals surface area contributed by atoms with Crippen molar-refractivity contribution in [3.05, 3.63) is 28.2 Å². The first kappa shape index (κ1) is 14.3. The van der Waals surface area contributed by atoms with Crippen LogP contribution in [0.4, 0.5) is 0 Å². The molecule has 104 valence electrons. The topological polar surface area (TPSA) is 41.6 Å². The smallest absolute Gasteiger partial charge is 0.240 e. The van der Waals surface area contributed by atoms with Gasteiger partial charge in [-0.1, -0.05) is 6.07 Å². The number of hydrogen-bond acceptors (Lipinski definition) is 3. The molecule has 0 saturated carbocycles. The summed E-state index contributed by atoms with van der Waals surface area (Å²) in [4.78, 5) is 14.1. The van der Waals surface area contributed by atoms with E-state index in [0.717, 1.165) is 28.9 Å². The Morgan fingerprint density at radius 3 is 2.84 bits per heavy atom. The zero-order chi connectivity index (χ0) is 14.0. The average Bonchev–Trinajstić information content (AvgIpc) is 2.36. The molecule has 1 aromatic rings. The molecule has 0 radical (unpaired) electrons. The Morgan fingerprint density at radius 2 is 2.21 bits per heavy atom. The molecular formula is C14H19BrN2O2. The van der Waals surface area contributed by atoms with Crippen molar-refractivity contribution in [3.8, 4) is 5.75 Å². The molecule has 0 unspecified atom stereocenters. The highest BCUT2D eigenvalue weighted by Gasteiger charge is 2.37. The second-order valence-electron chi connectivity index (χ2n) is 5.21. The molecule has 1 aromatic carbocycles. The van der Waals surface area contributed by atoms with E-state index in [4.69, 9.17) is 4.74 Å². The summed E-state index contributed by atoms with van der Waals surface area (Å²) in [5.41, 5.74) is 0.695. The Bertz CT molecular complexity index is 488. The van der Waals surface area contributed by atoms with E-state index in [-0.39, 0.29) is 5.91 Å². The molecule has 1 fully saturated rings. The van der Waals surface area contributed by atoms with Crippen molar-refractivity contribution in [2.75, 3.05) is 20.2 Å². The van der Waals surface area contributed by atoms with E-state index in [1.54, 1.807) is 7.11 Å². The van der Waals surface area contributed by atoms with Gasteiger partial charge in [-0.2, -0.15) is 0 Å². The van der Waals surface area contributed by atoms with Crippen molar-refractivity contribution >= 4 is 21.8 Å². The van der Waals surface area contributed by atoms with E-state index >= 15 is 0 Å². The van der Waals surface area contributed by atoms with Crippen LogP contribution >= 0.6 is 15.9 Å². The van der Waals surface area contributed by atoms with Gasteiger partial charge in [0, 0.05) is 19.6 Å². The monoisotopic (exact) mass is 326 g/mol. The van der Waals surface area contributed by atoms with Gasteiger partial charge in [-0.25, -0.2) is 0 Å². The molecule has 1 aliphatic rings. The molecule has 2 rings (SSSR count). The minimum Gasteiger partial charge on any atom is -0.496 e. The summed E-state index contributed by atoms with van der Waals surface area (Å²) in [5.74, 6) is 0.908. The predicted octanol–water partition coefficient (Wildman–Crippen LogP) is 2.17. The predicted molar refractivity (Wildman–Crippen MR) is 78.2 cm³/mol. The fourth-order valence-corrected chi connectivity index (χ4v) is 2.84. The van der Waals surface area contributed by atoms with E-state index < -0.39 is 5.54 Å². The van der Waals surface area contributed by atoms with Gasteiger partial charge in [0.2, 0.25) is 5.91 Å². The molecule has 0 aliphatic carbocycles. The second kappa shape index (κ2) is 5.51. The number of methoxy groups -OCH3 is 1. The number of nitrogens with zero attached hydrogens (tertiary/aromatic N) is 1. The standard InChI is InChI=1S/C14H19BrN2O2/c1-14(2)13(18)16-6-7-17(14)9-10-4-5-12(19-3)11(15)8-10/h4-5,8H,6-7,9H2,1-3H3,(H,16,18). The number of halogens is 1. The Balaban J connectivity index is 2.16. The lowest BCUT2D eigenvalue weighted by atomic mass is 9.98. The fraction of sp³-hybridized carbons (Fsp3) is 0.500. The molecule has 1 N–H and O–H groups in total. The summed E-state index contributed by atoms with van der Waals surface area (Å²) in [6.45, 7) is 6.24. The maximum absolute atomic E-state index is 11.9. The molecule has 1 aliphatic heterocycles. The van der Waals surface area contributed by atoms with Gasteiger partial charge < -0.3 is 10.1 Å². The Morgan fingerprint density at radius 1 is 1.47 bits per heavy atom. The van der Waals surface area contributed by atoms with E-state index in [1.165, 1.54) is 0 Å². The molecule has 1 heterocycles. The zero-order valence-electron chi connectivity index (χ0n) is 11.5. The number of carbonyl (C=O) groups is 1. The van der Waals surface area contributed by atoms with E-state index in [0.29, 0.717) is 6.54 Å². The Labute approximate surface area is 122 Å². The van der Waals surface area contributed by atoms with E-state index in [9.17, 15) is 4.79 Å². The summed E-state index contributed by atoms with van der Waals surface area (Å²) in [5, 5.41) is 2.91. The van der Waals surface area contributed by atoms with Crippen LogP contribution in [0.1, 0.15) is 19.4 Å². The van der Waals surface area contributed by atoms with Crippen LogP contribution < -0.4 is 10.1 Å². The van der Waals surface area contributed by atoms with Gasteiger partial charge in [0.15, 0.2) is 0 Å². The number of benzene rings is 1. The number of nitrogens with one attached hydrogen (secondary N) is 1. The summed E-state index contributed by atoms with van der Waals surface area (Å²) >= 11 is 3.49. The van der Waals surface area contributed by atoms with Crippen LogP contribution in [0.25, 0.3) is 0 Å². The summed E-state index contributed by atoms with van der Waals surface area (Å²) in [6.07, 6.45) is 0. The first-order valence-electron chi connectivity index (χ1n) is 6.31. The lowest BCUT2D eigenvalue weighted by molar-refractivity contribution is -0.135. The zero-order valence-corrected chi connectivity index (χ0v) is 13.1. The fourth-order valence-electron chi connectivity index (χ4n) is 2.25. The molecule has 4 nitrogen and oxygen atoms in total. The molecule has 0 spiro atoms. The normalized spacial score (nSPS) is 19.1. The quantitative estimate of drug-likeness (QED) is 0.925. The second-order valence-corrected chi connectivity index (χ2v) is 6.06. The van der Waals surface area contributed by atoms with Gasteiger partial charge in [0.25, 0.3) is 0 Å². The number of hydrogen-bond donors (Lipinski definition) is 1. The highest BCUT2D eigenvalue weighted by Crippen LogP contribution is 2.27. The largest absolute Gasteiger partial charge is 0.496 e. The highest BCUT2D eigenvalue weighted by atomic mass is 79.9. The van der Waals surface area contributed by atoms with Crippen molar-refractivity contribution in [1.82, 2.24) is 10.2 Å². The molecule has 5 heteroatoms. The van der Waals surface area contributed by atoms with Gasteiger partial charge in [-0.3, -0.25) is 9.69 Å². The number of ether oxygens (including phenoxy) is 1. The minimum atomic E-state index is -0.468. The number of piperazine rings is 1. The number of amides is 1. The lowest BCUT2D eigenvalue weighted by Crippen LogP contribution is -2.61. The third-order valence-corrected chi connectivity index (χ3v) is 4.22. The summed E-state index contributed by atoms with van der Waals surface area (Å²) < 4.78 is 6.16. The van der Waals surface area contributed by atoms with Gasteiger partial charge in [0.1, 0.15) is 5.75 Å². The van der Waals surface area contributed by atoms with Crippen molar-refractivity contribution in [2.24, 2.45) is 0 Å². The maximum atomic E-state index is 11.9. The van der Waals surface area contributed by atoms with E-state index in [2.05, 4.69) is 26.1 Å². The maximum Gasteiger partial charge on any atom is 0.240 e. The Hall–Kier alpha value is -1.07. The third kappa shape index (κ3) is 2.92. The van der Waals surface area contributed by atoms with Crippen molar-refractivity contribution < 1.29 is 9.53 Å². The lowest BCUT2D eigenvalue weighted by Gasteiger charge is -2.41.